The predicted octanol–water partition coefficient (Wildman–Crippen LogP) is 1.97. The molecular weight excluding hydrogens is 402 g/mol. The number of aromatic nitrogens is 1. The molecule has 9 heteroatoms. The number of hydrogen-bond acceptors (Lipinski definition) is 6. The van der Waals surface area contributed by atoms with Gasteiger partial charge in [-0.2, -0.15) is 0 Å². The molecule has 170 valence electrons. The van der Waals surface area contributed by atoms with Crippen molar-refractivity contribution in [3.05, 3.63) is 48.2 Å². The minimum Gasteiger partial charge on any atom is -0.467 e. The third kappa shape index (κ3) is 7.93. The van der Waals surface area contributed by atoms with Gasteiger partial charge in [-0.25, -0.2) is 0 Å². The van der Waals surface area contributed by atoms with Crippen molar-refractivity contribution in [1.29, 1.82) is 0 Å². The lowest BCUT2D eigenvalue weighted by Gasteiger charge is -2.27. The SMILES string of the molecule is CCOC(=O)CCC(=O)N(CCOC)CC(=O)N(Cc1ccco1)Cc1cccn1C. The lowest BCUT2D eigenvalue weighted by molar-refractivity contribution is -0.146. The number of esters is 1. The maximum absolute atomic E-state index is 13.2. The maximum Gasteiger partial charge on any atom is 0.306 e. The summed E-state index contributed by atoms with van der Waals surface area (Å²) in [4.78, 5) is 40.5. The molecular formula is C22H31N3O6. The minimum atomic E-state index is -0.433. The van der Waals surface area contributed by atoms with Crippen LogP contribution in [0.2, 0.25) is 0 Å². The van der Waals surface area contributed by atoms with Crippen LogP contribution in [0, 0.1) is 0 Å². The maximum atomic E-state index is 13.2. The molecule has 0 aromatic carbocycles. The number of ether oxygens (including phenoxy) is 2. The Morgan fingerprint density at radius 3 is 2.48 bits per heavy atom. The Bertz CT molecular complexity index is 830. The molecule has 0 bridgehead atoms. The Labute approximate surface area is 182 Å². The van der Waals surface area contributed by atoms with Gasteiger partial charge in [0.05, 0.1) is 45.5 Å². The molecule has 0 aliphatic rings. The molecule has 0 aliphatic heterocycles. The van der Waals surface area contributed by atoms with E-state index in [0.717, 1.165) is 5.69 Å². The fraction of sp³-hybridized carbons (Fsp3) is 0.500. The number of nitrogens with zero attached hydrogens (tertiary/aromatic N) is 3. The van der Waals surface area contributed by atoms with Crippen molar-refractivity contribution in [1.82, 2.24) is 14.4 Å². The quantitative estimate of drug-likeness (QED) is 0.448. The van der Waals surface area contributed by atoms with E-state index in [-0.39, 0.29) is 57.5 Å². The minimum absolute atomic E-state index is 0.0220. The molecule has 0 saturated carbocycles. The molecule has 2 heterocycles. The van der Waals surface area contributed by atoms with Gasteiger partial charge in [0, 0.05) is 39.0 Å². The number of aryl methyl sites for hydroxylation is 1. The summed E-state index contributed by atoms with van der Waals surface area (Å²) in [6.07, 6.45) is 3.43. The van der Waals surface area contributed by atoms with Crippen molar-refractivity contribution in [2.45, 2.75) is 32.9 Å². The van der Waals surface area contributed by atoms with Crippen LogP contribution in [0.3, 0.4) is 0 Å². The Morgan fingerprint density at radius 2 is 1.87 bits per heavy atom. The lowest BCUT2D eigenvalue weighted by Crippen LogP contribution is -2.44. The van der Waals surface area contributed by atoms with Crippen molar-refractivity contribution in [2.75, 3.05) is 33.4 Å². The van der Waals surface area contributed by atoms with Gasteiger partial charge in [-0.05, 0) is 31.2 Å². The van der Waals surface area contributed by atoms with Gasteiger partial charge >= 0.3 is 5.97 Å². The first-order chi connectivity index (χ1) is 14.9. The predicted molar refractivity (Wildman–Crippen MR) is 113 cm³/mol. The molecule has 0 fully saturated rings. The summed E-state index contributed by atoms with van der Waals surface area (Å²) >= 11 is 0. The fourth-order valence-corrected chi connectivity index (χ4v) is 3.04. The van der Waals surface area contributed by atoms with Crippen LogP contribution < -0.4 is 0 Å². The Morgan fingerprint density at radius 1 is 1.06 bits per heavy atom. The molecule has 31 heavy (non-hydrogen) atoms. The first kappa shape index (κ1) is 24.2. The van der Waals surface area contributed by atoms with Crippen LogP contribution in [0.1, 0.15) is 31.2 Å². The normalized spacial score (nSPS) is 10.7. The lowest BCUT2D eigenvalue weighted by atomic mass is 10.2. The van der Waals surface area contributed by atoms with Gasteiger partial charge in [0.25, 0.3) is 0 Å². The van der Waals surface area contributed by atoms with E-state index in [1.54, 1.807) is 30.2 Å². The average molecular weight is 434 g/mol. The van der Waals surface area contributed by atoms with Crippen LogP contribution >= 0.6 is 0 Å². The summed E-state index contributed by atoms with van der Waals surface area (Å²) < 4.78 is 17.3. The second kappa shape index (κ2) is 12.6. The average Bonchev–Trinajstić information content (AvgIpc) is 3.40. The third-order valence-corrected chi connectivity index (χ3v) is 4.78. The van der Waals surface area contributed by atoms with E-state index in [1.165, 1.54) is 12.0 Å². The van der Waals surface area contributed by atoms with Crippen molar-refractivity contribution in [3.8, 4) is 0 Å². The number of furan rings is 1. The van der Waals surface area contributed by atoms with E-state index in [4.69, 9.17) is 13.9 Å². The van der Waals surface area contributed by atoms with Crippen LogP contribution in [-0.2, 0) is 44.0 Å². The van der Waals surface area contributed by atoms with E-state index in [1.807, 2.05) is 29.9 Å². The van der Waals surface area contributed by atoms with Crippen LogP contribution in [0.4, 0.5) is 0 Å². The van der Waals surface area contributed by atoms with Crippen molar-refractivity contribution >= 4 is 17.8 Å². The van der Waals surface area contributed by atoms with Gasteiger partial charge in [-0.3, -0.25) is 14.4 Å². The second-order valence-corrected chi connectivity index (χ2v) is 7.05. The zero-order valence-electron chi connectivity index (χ0n) is 18.4. The summed E-state index contributed by atoms with van der Waals surface area (Å²) in [5.74, 6) is -0.301. The van der Waals surface area contributed by atoms with Crippen LogP contribution in [0.25, 0.3) is 0 Å². The summed E-state index contributed by atoms with van der Waals surface area (Å²) in [7, 11) is 3.44. The number of carbonyl (C=O) groups excluding carboxylic acids is 3. The first-order valence-corrected chi connectivity index (χ1v) is 10.3. The van der Waals surface area contributed by atoms with Gasteiger partial charge in [0.2, 0.25) is 11.8 Å². The van der Waals surface area contributed by atoms with Gasteiger partial charge in [-0.15, -0.1) is 0 Å². The largest absolute Gasteiger partial charge is 0.467 e. The highest BCUT2D eigenvalue weighted by Crippen LogP contribution is 2.12. The number of rotatable bonds is 13. The number of hydrogen-bond donors (Lipinski definition) is 0. The highest BCUT2D eigenvalue weighted by molar-refractivity contribution is 5.86. The number of amides is 2. The molecule has 9 nitrogen and oxygen atoms in total. The zero-order chi connectivity index (χ0) is 22.6. The molecule has 0 spiro atoms. The zero-order valence-corrected chi connectivity index (χ0v) is 18.4. The summed E-state index contributed by atoms with van der Waals surface area (Å²) in [5, 5.41) is 0. The number of methoxy groups -OCH3 is 1. The summed E-state index contributed by atoms with van der Waals surface area (Å²) in [6.45, 7) is 3.06. The topological polar surface area (TPSA) is 94.2 Å². The number of carbonyl (C=O) groups is 3. The summed E-state index contributed by atoms with van der Waals surface area (Å²) in [6, 6.07) is 7.42. The molecule has 0 saturated heterocycles. The monoisotopic (exact) mass is 433 g/mol. The molecule has 2 rings (SSSR count). The van der Waals surface area contributed by atoms with Crippen LogP contribution in [0.5, 0.6) is 0 Å². The Hall–Kier alpha value is -3.07. The van der Waals surface area contributed by atoms with Crippen LogP contribution in [-0.4, -0.2) is 65.6 Å². The summed E-state index contributed by atoms with van der Waals surface area (Å²) in [5.41, 5.74) is 0.956. The molecule has 0 aliphatic carbocycles. The van der Waals surface area contributed by atoms with Crippen molar-refractivity contribution in [2.24, 2.45) is 7.05 Å². The Balaban J connectivity index is 2.08. The first-order valence-electron chi connectivity index (χ1n) is 10.3. The van der Waals surface area contributed by atoms with E-state index in [9.17, 15) is 14.4 Å². The van der Waals surface area contributed by atoms with Crippen LogP contribution in [0.15, 0.2) is 41.1 Å². The van der Waals surface area contributed by atoms with E-state index >= 15 is 0 Å². The fourth-order valence-electron chi connectivity index (χ4n) is 3.04. The standard InChI is InChI=1S/C22H31N3O6/c1-4-30-22(28)10-9-20(26)24(12-14-29-3)17-21(27)25(16-19-8-6-13-31-19)15-18-7-5-11-23(18)2/h5-8,11,13H,4,9-10,12,14-17H2,1-3H3. The van der Waals surface area contributed by atoms with E-state index in [0.29, 0.717) is 12.3 Å². The van der Waals surface area contributed by atoms with Gasteiger partial charge in [-0.1, -0.05) is 0 Å². The molecule has 2 amide bonds. The van der Waals surface area contributed by atoms with Gasteiger partial charge in [0.1, 0.15) is 5.76 Å². The smallest absolute Gasteiger partial charge is 0.306 e. The molecule has 0 atom stereocenters. The van der Waals surface area contributed by atoms with E-state index in [2.05, 4.69) is 0 Å². The highest BCUT2D eigenvalue weighted by atomic mass is 16.5. The van der Waals surface area contributed by atoms with E-state index < -0.39 is 5.97 Å². The Kier molecular flexibility index (Phi) is 9.83. The third-order valence-electron chi connectivity index (χ3n) is 4.78. The molecule has 2 aromatic heterocycles. The van der Waals surface area contributed by atoms with Gasteiger partial charge in [0.15, 0.2) is 0 Å². The molecule has 0 N–H and O–H groups in total. The van der Waals surface area contributed by atoms with Crippen molar-refractivity contribution in [3.63, 3.8) is 0 Å². The highest BCUT2D eigenvalue weighted by Gasteiger charge is 2.23. The molecule has 0 radical (unpaired) electrons. The van der Waals surface area contributed by atoms with Gasteiger partial charge < -0.3 is 28.3 Å². The molecule has 0 unspecified atom stereocenters. The van der Waals surface area contributed by atoms with Crippen molar-refractivity contribution < 1.29 is 28.3 Å². The molecule has 2 aromatic rings. The second-order valence-electron chi connectivity index (χ2n) is 7.05.